The van der Waals surface area contributed by atoms with Gasteiger partial charge in [-0.1, -0.05) is 31.6 Å². The van der Waals surface area contributed by atoms with E-state index in [0.29, 0.717) is 0 Å². The van der Waals surface area contributed by atoms with Gasteiger partial charge in [-0.25, -0.2) is 0 Å². The van der Waals surface area contributed by atoms with Gasteiger partial charge < -0.3 is 19.9 Å². The van der Waals surface area contributed by atoms with Crippen LogP contribution in [0.2, 0.25) is 0 Å². The lowest BCUT2D eigenvalue weighted by Crippen LogP contribution is -2.31. The van der Waals surface area contributed by atoms with Crippen LogP contribution in [0.15, 0.2) is 48.2 Å². The first kappa shape index (κ1) is 20.0. The number of hydrogen-bond donors (Lipinski definition) is 1. The average molecular weight is 370 g/mol. The number of likely N-dealkylation sites (N-methyl/N-ethyl adjacent to an activating group) is 1. The Balaban J connectivity index is 1.34. The Morgan fingerprint density at radius 2 is 1.89 bits per heavy atom. The fraction of sp³-hybridized carbons (Fsp3) is 0.565. The van der Waals surface area contributed by atoms with Crippen molar-refractivity contribution >= 4 is 0 Å². The first-order valence-electron chi connectivity index (χ1n) is 10.6. The number of benzene rings is 1. The topological polar surface area (TPSA) is 27.7 Å². The van der Waals surface area contributed by atoms with Crippen molar-refractivity contribution < 1.29 is 4.74 Å². The summed E-state index contributed by atoms with van der Waals surface area (Å²) in [4.78, 5) is 4.91. The summed E-state index contributed by atoms with van der Waals surface area (Å²) in [5.74, 6) is 0.986. The molecule has 0 unspecified atom stereocenters. The first-order valence-corrected chi connectivity index (χ1v) is 10.6. The molecule has 4 nitrogen and oxygen atoms in total. The quantitative estimate of drug-likeness (QED) is 0.635. The lowest BCUT2D eigenvalue weighted by molar-refractivity contribution is 0.205. The summed E-state index contributed by atoms with van der Waals surface area (Å²) in [6.07, 6.45) is 12.0. The van der Waals surface area contributed by atoms with Gasteiger partial charge in [-0.2, -0.15) is 0 Å². The predicted octanol–water partition coefficient (Wildman–Crippen LogP) is 3.81. The molecule has 2 aliphatic rings. The highest BCUT2D eigenvalue weighted by Gasteiger charge is 2.09. The molecule has 1 aromatic rings. The van der Waals surface area contributed by atoms with Gasteiger partial charge >= 0.3 is 0 Å². The zero-order valence-electron chi connectivity index (χ0n) is 16.8. The second-order valence-corrected chi connectivity index (χ2v) is 7.55. The van der Waals surface area contributed by atoms with Gasteiger partial charge in [0, 0.05) is 32.4 Å². The molecule has 2 aliphatic heterocycles. The van der Waals surface area contributed by atoms with Crippen molar-refractivity contribution in [2.45, 2.75) is 39.2 Å². The maximum Gasteiger partial charge on any atom is 0.119 e. The Kier molecular flexibility index (Phi) is 8.25. The first-order chi connectivity index (χ1) is 13.3. The van der Waals surface area contributed by atoms with E-state index in [0.717, 1.165) is 45.0 Å². The Bertz CT molecular complexity index is 603. The SMILES string of the molecule is CCNCC1=CCN(Cc2ccc(OCCCN3CCCCC3)cc2)C=C1. The van der Waals surface area contributed by atoms with E-state index in [1.807, 2.05) is 0 Å². The van der Waals surface area contributed by atoms with E-state index in [1.54, 1.807) is 0 Å². The van der Waals surface area contributed by atoms with Crippen LogP contribution in [-0.2, 0) is 6.54 Å². The molecule has 0 radical (unpaired) electrons. The fourth-order valence-electron chi connectivity index (χ4n) is 3.67. The lowest BCUT2D eigenvalue weighted by atomic mass is 10.1. The highest BCUT2D eigenvalue weighted by Crippen LogP contribution is 2.16. The molecule has 1 N–H and O–H groups in total. The van der Waals surface area contributed by atoms with E-state index >= 15 is 0 Å². The van der Waals surface area contributed by atoms with Gasteiger partial charge in [0.2, 0.25) is 0 Å². The van der Waals surface area contributed by atoms with Gasteiger partial charge in [0.1, 0.15) is 5.75 Å². The van der Waals surface area contributed by atoms with Gasteiger partial charge in [0.05, 0.1) is 6.61 Å². The largest absolute Gasteiger partial charge is 0.494 e. The van der Waals surface area contributed by atoms with Crippen molar-refractivity contribution in [1.82, 2.24) is 15.1 Å². The molecule has 1 aromatic carbocycles. The summed E-state index contributed by atoms with van der Waals surface area (Å²) in [6.45, 7) is 10.6. The molecule has 1 saturated heterocycles. The monoisotopic (exact) mass is 369 g/mol. The van der Waals surface area contributed by atoms with E-state index in [-0.39, 0.29) is 0 Å². The van der Waals surface area contributed by atoms with Crippen LogP contribution in [0.3, 0.4) is 0 Å². The lowest BCUT2D eigenvalue weighted by Gasteiger charge is -2.26. The number of ether oxygens (including phenoxy) is 1. The molecule has 0 saturated carbocycles. The number of nitrogens with one attached hydrogen (secondary N) is 1. The standard InChI is InChI=1S/C23H35N3O/c1-2-24-19-21-11-16-26(17-12-21)20-22-7-9-23(10-8-22)27-18-6-15-25-13-4-3-5-14-25/h7-12,16,24H,2-6,13-15,17-20H2,1H3. The van der Waals surface area contributed by atoms with Crippen LogP contribution in [0.25, 0.3) is 0 Å². The zero-order chi connectivity index (χ0) is 18.7. The highest BCUT2D eigenvalue weighted by atomic mass is 16.5. The minimum Gasteiger partial charge on any atom is -0.494 e. The second kappa shape index (κ2) is 11.2. The molecule has 0 aromatic heterocycles. The van der Waals surface area contributed by atoms with E-state index in [2.05, 4.69) is 64.7 Å². The molecule has 2 heterocycles. The van der Waals surface area contributed by atoms with Gasteiger partial charge in [-0.05, 0) is 68.2 Å². The minimum atomic E-state index is 0.810. The summed E-state index contributed by atoms with van der Waals surface area (Å²) < 4.78 is 5.92. The van der Waals surface area contributed by atoms with Crippen molar-refractivity contribution in [3.05, 3.63) is 53.8 Å². The van der Waals surface area contributed by atoms with Crippen LogP contribution in [0.5, 0.6) is 5.75 Å². The molecule has 27 heavy (non-hydrogen) atoms. The minimum absolute atomic E-state index is 0.810. The summed E-state index contributed by atoms with van der Waals surface area (Å²) >= 11 is 0. The summed E-state index contributed by atoms with van der Waals surface area (Å²) in [7, 11) is 0. The van der Waals surface area contributed by atoms with E-state index < -0.39 is 0 Å². The molecule has 0 bridgehead atoms. The molecule has 148 valence electrons. The molecular formula is C23H35N3O. The number of hydrogen-bond acceptors (Lipinski definition) is 4. The third-order valence-corrected chi connectivity index (χ3v) is 5.31. The molecule has 0 aliphatic carbocycles. The maximum absolute atomic E-state index is 5.92. The maximum atomic E-state index is 5.92. The number of likely N-dealkylation sites (tertiary alicyclic amines) is 1. The molecule has 3 rings (SSSR count). The van der Waals surface area contributed by atoms with Crippen molar-refractivity contribution in [2.75, 3.05) is 45.9 Å². The molecule has 0 atom stereocenters. The van der Waals surface area contributed by atoms with Gasteiger partial charge in [0.15, 0.2) is 0 Å². The summed E-state index contributed by atoms with van der Waals surface area (Å²) in [6, 6.07) is 8.59. The Hall–Kier alpha value is -1.78. The van der Waals surface area contributed by atoms with Gasteiger partial charge in [-0.3, -0.25) is 0 Å². The summed E-state index contributed by atoms with van der Waals surface area (Å²) in [5, 5.41) is 3.37. The van der Waals surface area contributed by atoms with E-state index in [9.17, 15) is 0 Å². The highest BCUT2D eigenvalue weighted by molar-refractivity contribution is 5.29. The van der Waals surface area contributed by atoms with Crippen molar-refractivity contribution in [1.29, 1.82) is 0 Å². The third-order valence-electron chi connectivity index (χ3n) is 5.31. The van der Waals surface area contributed by atoms with Gasteiger partial charge in [0.25, 0.3) is 0 Å². The Morgan fingerprint density at radius 3 is 2.59 bits per heavy atom. The number of nitrogens with zero attached hydrogens (tertiary/aromatic N) is 2. The van der Waals surface area contributed by atoms with Crippen molar-refractivity contribution in [3.8, 4) is 5.75 Å². The molecule has 1 fully saturated rings. The zero-order valence-corrected chi connectivity index (χ0v) is 16.8. The Morgan fingerprint density at radius 1 is 1.07 bits per heavy atom. The average Bonchev–Trinajstić information content (AvgIpc) is 2.73. The molecule has 4 heteroatoms. The van der Waals surface area contributed by atoms with Crippen LogP contribution >= 0.6 is 0 Å². The fourth-order valence-corrected chi connectivity index (χ4v) is 3.67. The molecule has 0 amide bonds. The van der Waals surface area contributed by atoms with Crippen LogP contribution in [-0.4, -0.2) is 55.7 Å². The number of rotatable bonds is 10. The van der Waals surface area contributed by atoms with Crippen molar-refractivity contribution in [3.63, 3.8) is 0 Å². The van der Waals surface area contributed by atoms with Crippen LogP contribution in [0.4, 0.5) is 0 Å². The van der Waals surface area contributed by atoms with E-state index in [1.165, 1.54) is 50.0 Å². The van der Waals surface area contributed by atoms with Gasteiger partial charge in [-0.15, -0.1) is 0 Å². The van der Waals surface area contributed by atoms with E-state index in [4.69, 9.17) is 4.74 Å². The Labute approximate surface area is 164 Å². The van der Waals surface area contributed by atoms with Crippen molar-refractivity contribution in [2.24, 2.45) is 0 Å². The molecule has 0 spiro atoms. The van der Waals surface area contributed by atoms with Crippen LogP contribution < -0.4 is 10.1 Å². The third kappa shape index (κ3) is 7.04. The van der Waals surface area contributed by atoms with Crippen LogP contribution in [0, 0.1) is 0 Å². The van der Waals surface area contributed by atoms with Crippen LogP contribution in [0.1, 0.15) is 38.2 Å². The predicted molar refractivity (Wildman–Crippen MR) is 113 cm³/mol. The normalized spacial score (nSPS) is 17.8. The molecular weight excluding hydrogens is 334 g/mol. The second-order valence-electron chi connectivity index (χ2n) is 7.55. The number of piperidine rings is 1. The smallest absolute Gasteiger partial charge is 0.119 e. The summed E-state index contributed by atoms with van der Waals surface area (Å²) in [5.41, 5.74) is 2.70.